The molecule has 0 aliphatic heterocycles. The van der Waals surface area contributed by atoms with Crippen molar-refractivity contribution in [3.63, 3.8) is 0 Å². The Bertz CT molecular complexity index is 478. The van der Waals surface area contributed by atoms with Gasteiger partial charge in [0.2, 0.25) is 0 Å². The highest BCUT2D eigenvalue weighted by Gasteiger charge is 2.68. The number of aryl methyl sites for hydroxylation is 1. The highest BCUT2D eigenvalue weighted by Crippen LogP contribution is 2.71. The van der Waals surface area contributed by atoms with Crippen LogP contribution < -0.4 is 0 Å². The van der Waals surface area contributed by atoms with Gasteiger partial charge in [0.15, 0.2) is 0 Å². The Balaban J connectivity index is 1.89. The van der Waals surface area contributed by atoms with Crippen LogP contribution >= 0.6 is 0 Å². The van der Waals surface area contributed by atoms with Crippen LogP contribution in [0.4, 0.5) is 0 Å². The van der Waals surface area contributed by atoms with Crippen LogP contribution in [0.5, 0.6) is 0 Å². The van der Waals surface area contributed by atoms with Crippen LogP contribution in [-0.4, -0.2) is 16.2 Å². The Morgan fingerprint density at radius 1 is 1.26 bits per heavy atom. The summed E-state index contributed by atoms with van der Waals surface area (Å²) in [6, 6.07) is 4.18. The number of hydrogen-bond acceptors (Lipinski definition) is 2. The first-order chi connectivity index (χ1) is 8.87. The lowest BCUT2D eigenvalue weighted by Gasteiger charge is -2.29. The van der Waals surface area contributed by atoms with E-state index in [1.54, 1.807) is 0 Å². The molecule has 0 amide bonds. The molecule has 1 aromatic heterocycles. The van der Waals surface area contributed by atoms with E-state index in [0.29, 0.717) is 5.92 Å². The maximum atomic E-state index is 10.9. The van der Waals surface area contributed by atoms with E-state index in [1.807, 2.05) is 12.3 Å². The Kier molecular flexibility index (Phi) is 2.79. The Hall–Kier alpha value is -0.890. The van der Waals surface area contributed by atoms with Gasteiger partial charge in [0.25, 0.3) is 0 Å². The molecule has 2 unspecified atom stereocenters. The zero-order valence-corrected chi connectivity index (χ0v) is 12.5. The van der Waals surface area contributed by atoms with Crippen molar-refractivity contribution in [1.82, 2.24) is 4.98 Å². The van der Waals surface area contributed by atoms with Crippen molar-refractivity contribution in [2.75, 3.05) is 0 Å². The van der Waals surface area contributed by atoms with Gasteiger partial charge in [0.1, 0.15) is 0 Å². The van der Waals surface area contributed by atoms with Crippen molar-refractivity contribution in [3.05, 3.63) is 29.6 Å². The lowest BCUT2D eigenvalue weighted by molar-refractivity contribution is 0.0913. The standard InChI is InChI=1S/C17H25NO/c1-16(2)15(17(16,3)4)14(19)12-9-5-7-11-8-6-10-18-13(11)12/h6,8,10,12,14-15,19H,5,7,9H2,1-4H3. The number of aromatic nitrogens is 1. The molecule has 1 fully saturated rings. The van der Waals surface area contributed by atoms with Crippen LogP contribution in [0.1, 0.15) is 57.7 Å². The van der Waals surface area contributed by atoms with Gasteiger partial charge in [-0.1, -0.05) is 33.8 Å². The van der Waals surface area contributed by atoms with Gasteiger partial charge in [-0.2, -0.15) is 0 Å². The number of hydrogen-bond donors (Lipinski definition) is 1. The van der Waals surface area contributed by atoms with Crippen LogP contribution in [0.25, 0.3) is 0 Å². The van der Waals surface area contributed by atoms with Crippen LogP contribution in [0.3, 0.4) is 0 Å². The molecule has 0 bridgehead atoms. The quantitative estimate of drug-likeness (QED) is 0.881. The summed E-state index contributed by atoms with van der Waals surface area (Å²) in [4.78, 5) is 4.57. The van der Waals surface area contributed by atoms with E-state index in [2.05, 4.69) is 38.7 Å². The minimum Gasteiger partial charge on any atom is -0.392 e. The van der Waals surface area contributed by atoms with E-state index < -0.39 is 0 Å². The van der Waals surface area contributed by atoms with Crippen molar-refractivity contribution in [1.29, 1.82) is 0 Å². The van der Waals surface area contributed by atoms with Gasteiger partial charge in [-0.05, 0) is 47.6 Å². The maximum absolute atomic E-state index is 10.9. The molecule has 1 aromatic rings. The summed E-state index contributed by atoms with van der Waals surface area (Å²) in [7, 11) is 0. The van der Waals surface area contributed by atoms with Crippen molar-refractivity contribution in [3.8, 4) is 0 Å². The second-order valence-electron chi connectivity index (χ2n) is 7.46. The SMILES string of the molecule is CC1(C)C(C(O)C2CCCc3cccnc32)C1(C)C. The third-order valence-electron chi connectivity index (χ3n) is 6.12. The van der Waals surface area contributed by atoms with Crippen LogP contribution in [-0.2, 0) is 6.42 Å². The number of aliphatic hydroxyl groups excluding tert-OH is 1. The molecule has 104 valence electrons. The smallest absolute Gasteiger partial charge is 0.0662 e. The van der Waals surface area contributed by atoms with E-state index >= 15 is 0 Å². The summed E-state index contributed by atoms with van der Waals surface area (Å²) in [5.41, 5.74) is 2.96. The van der Waals surface area contributed by atoms with Gasteiger partial charge in [0, 0.05) is 17.8 Å². The summed E-state index contributed by atoms with van der Waals surface area (Å²) in [5.74, 6) is 0.619. The number of rotatable bonds is 2. The molecule has 2 heteroatoms. The van der Waals surface area contributed by atoms with Gasteiger partial charge in [0.05, 0.1) is 6.10 Å². The van der Waals surface area contributed by atoms with E-state index in [4.69, 9.17) is 0 Å². The van der Waals surface area contributed by atoms with E-state index in [9.17, 15) is 5.11 Å². The van der Waals surface area contributed by atoms with Crippen molar-refractivity contribution in [2.24, 2.45) is 16.7 Å². The Morgan fingerprint density at radius 3 is 2.58 bits per heavy atom. The van der Waals surface area contributed by atoms with Gasteiger partial charge in [-0.25, -0.2) is 0 Å². The fourth-order valence-corrected chi connectivity index (χ4v) is 4.31. The molecule has 0 saturated heterocycles. The van der Waals surface area contributed by atoms with Crippen molar-refractivity contribution >= 4 is 0 Å². The average Bonchev–Trinajstić information content (AvgIpc) is 2.78. The molecular weight excluding hydrogens is 234 g/mol. The normalized spacial score (nSPS) is 29.6. The first kappa shape index (κ1) is 13.1. The summed E-state index contributed by atoms with van der Waals surface area (Å²) < 4.78 is 0. The molecule has 1 N–H and O–H groups in total. The summed E-state index contributed by atoms with van der Waals surface area (Å²) in [5, 5.41) is 10.9. The highest BCUT2D eigenvalue weighted by atomic mass is 16.3. The number of aliphatic hydroxyl groups is 1. The fraction of sp³-hybridized carbons (Fsp3) is 0.706. The molecule has 3 rings (SSSR count). The van der Waals surface area contributed by atoms with Crippen LogP contribution in [0.15, 0.2) is 18.3 Å². The third kappa shape index (κ3) is 1.76. The van der Waals surface area contributed by atoms with Crippen LogP contribution in [0.2, 0.25) is 0 Å². The second kappa shape index (κ2) is 4.05. The first-order valence-electron chi connectivity index (χ1n) is 7.49. The predicted octanol–water partition coefficient (Wildman–Crippen LogP) is 3.54. The molecule has 19 heavy (non-hydrogen) atoms. The molecule has 0 radical (unpaired) electrons. The van der Waals surface area contributed by atoms with E-state index in [1.165, 1.54) is 12.0 Å². The summed E-state index contributed by atoms with van der Waals surface area (Å²) in [6.45, 7) is 9.12. The predicted molar refractivity (Wildman–Crippen MR) is 77.0 cm³/mol. The minimum atomic E-state index is -0.251. The minimum absolute atomic E-state index is 0.232. The third-order valence-corrected chi connectivity index (χ3v) is 6.12. The zero-order chi connectivity index (χ0) is 13.8. The van der Waals surface area contributed by atoms with Gasteiger partial charge in [-0.15, -0.1) is 0 Å². The maximum Gasteiger partial charge on any atom is 0.0662 e. The topological polar surface area (TPSA) is 33.1 Å². The van der Waals surface area contributed by atoms with E-state index in [-0.39, 0.29) is 22.9 Å². The summed E-state index contributed by atoms with van der Waals surface area (Å²) in [6.07, 6.45) is 4.98. The molecule has 2 nitrogen and oxygen atoms in total. The zero-order valence-electron chi connectivity index (χ0n) is 12.5. The molecule has 2 atom stereocenters. The van der Waals surface area contributed by atoms with Crippen molar-refractivity contribution in [2.45, 2.75) is 59.0 Å². The molecule has 2 aliphatic carbocycles. The van der Waals surface area contributed by atoms with Crippen LogP contribution in [0, 0.1) is 16.7 Å². The number of pyridine rings is 1. The molecule has 0 aromatic carbocycles. The lowest BCUT2D eigenvalue weighted by Crippen LogP contribution is -2.28. The summed E-state index contributed by atoms with van der Waals surface area (Å²) >= 11 is 0. The Morgan fingerprint density at radius 2 is 1.95 bits per heavy atom. The van der Waals surface area contributed by atoms with Gasteiger partial charge in [-0.3, -0.25) is 4.98 Å². The molecule has 2 aliphatic rings. The molecule has 1 saturated carbocycles. The molecule has 1 heterocycles. The van der Waals surface area contributed by atoms with E-state index in [0.717, 1.165) is 18.5 Å². The van der Waals surface area contributed by atoms with Gasteiger partial charge >= 0.3 is 0 Å². The second-order valence-corrected chi connectivity index (χ2v) is 7.46. The van der Waals surface area contributed by atoms with Crippen molar-refractivity contribution < 1.29 is 5.11 Å². The Labute approximate surface area is 116 Å². The number of fused-ring (bicyclic) bond motifs is 1. The largest absolute Gasteiger partial charge is 0.392 e. The number of nitrogens with zero attached hydrogens (tertiary/aromatic N) is 1. The monoisotopic (exact) mass is 259 g/mol. The lowest BCUT2D eigenvalue weighted by atomic mass is 9.80. The first-order valence-corrected chi connectivity index (χ1v) is 7.49. The fourth-order valence-electron chi connectivity index (χ4n) is 4.31. The average molecular weight is 259 g/mol. The molecular formula is C17H25NO. The highest BCUT2D eigenvalue weighted by molar-refractivity contribution is 5.29. The molecule has 0 spiro atoms. The van der Waals surface area contributed by atoms with Gasteiger partial charge < -0.3 is 5.11 Å².